The van der Waals surface area contributed by atoms with Crippen LogP contribution in [0, 0.1) is 0 Å². The maximum atomic E-state index is 2.69. The Balaban J connectivity index is 0.892. The highest BCUT2D eigenvalue weighted by Crippen LogP contribution is 2.54. The molecule has 0 spiro atoms. The Labute approximate surface area is 581 Å². The van der Waals surface area contributed by atoms with Gasteiger partial charge in [-0.3, -0.25) is 0 Å². The lowest BCUT2D eigenvalue weighted by Gasteiger charge is -2.46. The quantitative estimate of drug-likeness (QED) is 0.112. The second kappa shape index (κ2) is 24.2. The van der Waals surface area contributed by atoms with Crippen LogP contribution in [0.5, 0.6) is 0 Å². The lowest BCUT2D eigenvalue weighted by Crippen LogP contribution is -2.64. The first kappa shape index (κ1) is 57.7. The van der Waals surface area contributed by atoms with Crippen molar-refractivity contribution in [1.29, 1.82) is 0 Å². The van der Waals surface area contributed by atoms with Gasteiger partial charge in [0.05, 0.1) is 11.4 Å². The van der Waals surface area contributed by atoms with Crippen LogP contribution >= 0.6 is 23.5 Å². The van der Waals surface area contributed by atoms with Gasteiger partial charge in [0.25, 0.3) is 6.71 Å². The smallest absolute Gasteiger partial charge is 0.252 e. The summed E-state index contributed by atoms with van der Waals surface area (Å²) in [6, 6.07) is 135. The number of hydrogen-bond donors (Lipinski definition) is 0. The molecule has 4 heterocycles. The first-order valence-corrected chi connectivity index (χ1v) is 35.2. The maximum Gasteiger partial charge on any atom is 0.252 e. The maximum absolute atomic E-state index is 2.69. The van der Waals surface area contributed by atoms with Crippen molar-refractivity contribution in [2.75, 3.05) is 19.6 Å². The highest BCUT2D eigenvalue weighted by atomic mass is 32.2. The summed E-state index contributed by atoms with van der Waals surface area (Å²) in [5.74, 6) is 0. The molecule has 0 radical (unpaired) electrons. The van der Waals surface area contributed by atoms with Gasteiger partial charge < -0.3 is 19.6 Å². The van der Waals surface area contributed by atoms with Gasteiger partial charge in [-0.15, -0.1) is 0 Å². The molecule has 0 saturated heterocycles. The fraction of sp³-hybridized carbons (Fsp3) is 0. The fourth-order valence-electron chi connectivity index (χ4n) is 15.6. The SMILES string of the molecule is c1ccc(-c2ccc(N(c3cccc(-c4ccccc4)c3)c3cc4c5c(c3)Sc3cc6c(cc3B5c3ccccc3S4)B3c4ccccc4N(c4ccccc4)c4cc(N(c5ccccc5)c5ccccc5)cc(c43)N6c3c(-c4ccccc4)cccc3-c3ccccc3)cc2)cc1. The van der Waals surface area contributed by atoms with E-state index in [0.717, 1.165) is 84.8 Å². The molecule has 0 N–H and O–H groups in total. The van der Waals surface area contributed by atoms with Crippen LogP contribution in [0.4, 0.5) is 68.2 Å². The third kappa shape index (κ3) is 9.81. The molecule has 15 aromatic rings. The molecule has 0 fully saturated rings. The largest absolute Gasteiger partial charge is 0.311 e. The molecule has 0 bridgehead atoms. The minimum absolute atomic E-state index is 0.0498. The van der Waals surface area contributed by atoms with Crippen molar-refractivity contribution in [2.24, 2.45) is 0 Å². The van der Waals surface area contributed by atoms with Crippen LogP contribution in [0.25, 0.3) is 44.5 Å². The number of para-hydroxylation sites is 5. The molecule has 0 saturated carbocycles. The summed E-state index contributed by atoms with van der Waals surface area (Å²) in [4.78, 5) is 15.2. The lowest BCUT2D eigenvalue weighted by atomic mass is 9.31. The molecule has 458 valence electrons. The molecule has 8 heteroatoms. The highest BCUT2D eigenvalue weighted by molar-refractivity contribution is 8.01. The molecule has 0 unspecified atom stereocenters. The highest BCUT2D eigenvalue weighted by Gasteiger charge is 2.47. The Bertz CT molecular complexity index is 5440. The van der Waals surface area contributed by atoms with Gasteiger partial charge >= 0.3 is 0 Å². The van der Waals surface area contributed by atoms with E-state index in [1.54, 1.807) is 0 Å². The van der Waals surface area contributed by atoms with E-state index in [4.69, 9.17) is 0 Å². The van der Waals surface area contributed by atoms with E-state index in [0.29, 0.717) is 0 Å². The van der Waals surface area contributed by atoms with Crippen molar-refractivity contribution in [3.63, 3.8) is 0 Å². The van der Waals surface area contributed by atoms with Gasteiger partial charge in [0, 0.05) is 87.6 Å². The number of fused-ring (bicyclic) bond motifs is 8. The van der Waals surface area contributed by atoms with E-state index in [2.05, 4.69) is 384 Å². The Morgan fingerprint density at radius 2 is 0.663 bits per heavy atom. The molecular weight excluding hydrogens is 1220 g/mol. The first-order chi connectivity index (χ1) is 48.6. The average molecular weight is 1280 g/mol. The van der Waals surface area contributed by atoms with Gasteiger partial charge in [-0.25, -0.2) is 0 Å². The Hall–Kier alpha value is -11.7. The van der Waals surface area contributed by atoms with Gasteiger partial charge in [0.15, 0.2) is 0 Å². The zero-order valence-corrected chi connectivity index (χ0v) is 55.0. The fourth-order valence-corrected chi connectivity index (χ4v) is 18.1. The van der Waals surface area contributed by atoms with Crippen molar-refractivity contribution < 1.29 is 0 Å². The van der Waals surface area contributed by atoms with E-state index >= 15 is 0 Å². The van der Waals surface area contributed by atoms with Crippen molar-refractivity contribution in [3.8, 4) is 44.5 Å². The van der Waals surface area contributed by atoms with Crippen LogP contribution in [-0.2, 0) is 0 Å². The predicted molar refractivity (Wildman–Crippen MR) is 417 cm³/mol. The monoisotopic (exact) mass is 1280 g/mol. The second-order valence-electron chi connectivity index (χ2n) is 25.5. The van der Waals surface area contributed by atoms with Crippen molar-refractivity contribution >= 4 is 138 Å². The number of hydrogen-bond acceptors (Lipinski definition) is 6. The number of anilines is 12. The van der Waals surface area contributed by atoms with Gasteiger partial charge in [-0.1, -0.05) is 295 Å². The molecular formula is C90H60B2N4S2. The summed E-state index contributed by atoms with van der Waals surface area (Å²) >= 11 is 3.84. The molecule has 98 heavy (non-hydrogen) atoms. The molecule has 4 aliphatic heterocycles. The Morgan fingerprint density at radius 1 is 0.224 bits per heavy atom. The average Bonchev–Trinajstić information content (AvgIpc) is 0.685. The summed E-state index contributed by atoms with van der Waals surface area (Å²) in [7, 11) is 0. The van der Waals surface area contributed by atoms with E-state index in [-0.39, 0.29) is 13.4 Å². The third-order valence-electron chi connectivity index (χ3n) is 19.9. The summed E-state index contributed by atoms with van der Waals surface area (Å²) in [6.45, 7) is -0.214. The van der Waals surface area contributed by atoms with Gasteiger partial charge in [0.2, 0.25) is 6.71 Å². The number of nitrogens with zero attached hydrogens (tertiary/aromatic N) is 4. The lowest BCUT2D eigenvalue weighted by molar-refractivity contribution is 1.22. The van der Waals surface area contributed by atoms with Crippen molar-refractivity contribution in [3.05, 3.63) is 364 Å². The van der Waals surface area contributed by atoms with Gasteiger partial charge in [-0.2, -0.15) is 0 Å². The third-order valence-corrected chi connectivity index (χ3v) is 22.2. The zero-order chi connectivity index (χ0) is 64.6. The Kier molecular flexibility index (Phi) is 14.3. The van der Waals surface area contributed by atoms with E-state index in [1.807, 2.05) is 23.5 Å². The molecule has 0 atom stereocenters. The standard InChI is InChI=1S/C90H60B2N4S2/c1-8-28-61(29-9-1)63-50-52-70(53-51-63)94(71-43-26-36-66(54-71)62-30-10-2-11-31-62)73-57-86-89-87(58-73)98-85-60-81-78(59-79(85)92(89)77-47-23-25-49-84(77)97-86)91-76-46-22-24-48-80(76)95(69-41-20-7-21-42-69)82-55-72(93(67-37-16-5-17-38-67)68-39-18-6-19-40-68)56-83(88(82)91)96(81)90-74(64-32-12-3-13-33-64)44-27-45-75(90)65-34-14-4-15-35-65/h1-60H. The molecule has 4 nitrogen and oxygen atoms in total. The van der Waals surface area contributed by atoms with Crippen molar-refractivity contribution in [2.45, 2.75) is 19.6 Å². The van der Waals surface area contributed by atoms with Crippen LogP contribution in [0.1, 0.15) is 0 Å². The zero-order valence-electron chi connectivity index (χ0n) is 53.4. The number of benzene rings is 15. The minimum atomic E-state index is -0.164. The van der Waals surface area contributed by atoms with E-state index < -0.39 is 0 Å². The molecule has 19 rings (SSSR count). The summed E-state index contributed by atoms with van der Waals surface area (Å²) < 4.78 is 0. The van der Waals surface area contributed by atoms with Crippen LogP contribution in [0.3, 0.4) is 0 Å². The summed E-state index contributed by atoms with van der Waals surface area (Å²) in [5, 5.41) is 0. The Morgan fingerprint density at radius 3 is 1.29 bits per heavy atom. The van der Waals surface area contributed by atoms with Crippen molar-refractivity contribution in [1.82, 2.24) is 0 Å². The minimum Gasteiger partial charge on any atom is -0.311 e. The molecule has 0 aliphatic carbocycles. The normalized spacial score (nSPS) is 12.7. The predicted octanol–water partition coefficient (Wildman–Crippen LogP) is 20.8. The molecule has 15 aromatic carbocycles. The first-order valence-electron chi connectivity index (χ1n) is 33.6. The van der Waals surface area contributed by atoms with E-state index in [9.17, 15) is 0 Å². The topological polar surface area (TPSA) is 13.0 Å². The van der Waals surface area contributed by atoms with Crippen LogP contribution in [0.2, 0.25) is 0 Å². The molecule has 0 aromatic heterocycles. The van der Waals surface area contributed by atoms with Gasteiger partial charge in [-0.05, 0) is 158 Å². The van der Waals surface area contributed by atoms with E-state index in [1.165, 1.54) is 80.3 Å². The number of rotatable bonds is 12. The molecule has 0 amide bonds. The summed E-state index contributed by atoms with van der Waals surface area (Å²) in [6.07, 6.45) is 0. The van der Waals surface area contributed by atoms with Gasteiger partial charge in [0.1, 0.15) is 0 Å². The molecule has 4 aliphatic rings. The second-order valence-corrected chi connectivity index (χ2v) is 27.6. The van der Waals surface area contributed by atoms with Crippen LogP contribution in [0.15, 0.2) is 384 Å². The van der Waals surface area contributed by atoms with Crippen LogP contribution < -0.4 is 52.4 Å². The summed E-state index contributed by atoms with van der Waals surface area (Å²) in [5.41, 5.74) is 30.4. The van der Waals surface area contributed by atoms with Crippen LogP contribution in [-0.4, -0.2) is 13.4 Å².